The maximum absolute atomic E-state index is 6.00. The van der Waals surface area contributed by atoms with Crippen LogP contribution in [-0.2, 0) is 0 Å². The van der Waals surface area contributed by atoms with E-state index in [1.807, 2.05) is 24.3 Å². The lowest BCUT2D eigenvalue weighted by molar-refractivity contribution is 0.259. The predicted molar refractivity (Wildman–Crippen MR) is 91.2 cm³/mol. The molecular weight excluding hydrogens is 276 g/mol. The van der Waals surface area contributed by atoms with Gasteiger partial charge in [0, 0.05) is 10.8 Å². The Hall–Kier alpha value is -1.90. The number of methoxy groups -OCH3 is 1. The van der Waals surface area contributed by atoms with Gasteiger partial charge in [0.05, 0.1) is 20.3 Å². The van der Waals surface area contributed by atoms with Crippen LogP contribution < -0.4 is 14.2 Å². The van der Waals surface area contributed by atoms with Gasteiger partial charge in [-0.15, -0.1) is 0 Å². The summed E-state index contributed by atoms with van der Waals surface area (Å²) in [4.78, 5) is 0. The van der Waals surface area contributed by atoms with Crippen molar-refractivity contribution >= 4 is 10.8 Å². The molecule has 3 nitrogen and oxygen atoms in total. The molecule has 0 aliphatic heterocycles. The van der Waals surface area contributed by atoms with E-state index in [1.165, 1.54) is 0 Å². The van der Waals surface area contributed by atoms with Crippen molar-refractivity contribution in [1.82, 2.24) is 0 Å². The van der Waals surface area contributed by atoms with Crippen LogP contribution >= 0.6 is 0 Å². The molecule has 0 atom stereocenters. The van der Waals surface area contributed by atoms with Gasteiger partial charge >= 0.3 is 0 Å². The Bertz CT molecular complexity index is 617. The number of hydrogen-bond acceptors (Lipinski definition) is 3. The highest BCUT2D eigenvalue weighted by atomic mass is 16.5. The summed E-state index contributed by atoms with van der Waals surface area (Å²) in [7, 11) is 1.67. The SMILES string of the molecule is COc1ccc2c(OCC(C)C)cccc2c1OCC(C)C. The second kappa shape index (κ2) is 7.39. The molecule has 120 valence electrons. The van der Waals surface area contributed by atoms with E-state index in [9.17, 15) is 0 Å². The molecule has 2 aromatic rings. The first-order chi connectivity index (χ1) is 10.5. The van der Waals surface area contributed by atoms with Crippen molar-refractivity contribution in [3.63, 3.8) is 0 Å². The first-order valence-corrected chi connectivity index (χ1v) is 7.88. The van der Waals surface area contributed by atoms with Gasteiger partial charge < -0.3 is 14.2 Å². The van der Waals surface area contributed by atoms with E-state index >= 15 is 0 Å². The number of rotatable bonds is 7. The van der Waals surface area contributed by atoms with Crippen molar-refractivity contribution in [2.24, 2.45) is 11.8 Å². The van der Waals surface area contributed by atoms with Crippen molar-refractivity contribution in [1.29, 1.82) is 0 Å². The van der Waals surface area contributed by atoms with Crippen LogP contribution in [0.25, 0.3) is 10.8 Å². The van der Waals surface area contributed by atoms with Crippen LogP contribution in [0.3, 0.4) is 0 Å². The molecule has 0 aliphatic carbocycles. The molecule has 0 heterocycles. The Morgan fingerprint density at radius 1 is 0.773 bits per heavy atom. The lowest BCUT2D eigenvalue weighted by Gasteiger charge is -2.17. The normalized spacial score (nSPS) is 11.2. The summed E-state index contributed by atoms with van der Waals surface area (Å²) in [5, 5.41) is 2.09. The van der Waals surface area contributed by atoms with Crippen molar-refractivity contribution in [3.8, 4) is 17.2 Å². The largest absolute Gasteiger partial charge is 0.493 e. The molecule has 22 heavy (non-hydrogen) atoms. The van der Waals surface area contributed by atoms with Gasteiger partial charge in [0.2, 0.25) is 0 Å². The van der Waals surface area contributed by atoms with E-state index in [0.717, 1.165) is 28.0 Å². The number of ether oxygens (including phenoxy) is 3. The van der Waals surface area contributed by atoms with Gasteiger partial charge in [0.25, 0.3) is 0 Å². The first-order valence-electron chi connectivity index (χ1n) is 7.88. The highest BCUT2D eigenvalue weighted by Crippen LogP contribution is 2.39. The fourth-order valence-electron chi connectivity index (χ4n) is 2.22. The van der Waals surface area contributed by atoms with E-state index in [4.69, 9.17) is 14.2 Å². The zero-order valence-electron chi connectivity index (χ0n) is 14.2. The summed E-state index contributed by atoms with van der Waals surface area (Å²) in [6.07, 6.45) is 0. The molecule has 0 bridgehead atoms. The molecule has 0 aromatic heterocycles. The summed E-state index contributed by atoms with van der Waals surface area (Å²) in [5.74, 6) is 3.40. The van der Waals surface area contributed by atoms with Gasteiger partial charge in [-0.05, 0) is 30.0 Å². The van der Waals surface area contributed by atoms with Gasteiger partial charge in [-0.3, -0.25) is 0 Å². The van der Waals surface area contributed by atoms with E-state index in [-0.39, 0.29) is 0 Å². The average Bonchev–Trinajstić information content (AvgIpc) is 2.49. The fraction of sp³-hybridized carbons (Fsp3) is 0.474. The van der Waals surface area contributed by atoms with E-state index < -0.39 is 0 Å². The van der Waals surface area contributed by atoms with Crippen LogP contribution in [0.1, 0.15) is 27.7 Å². The van der Waals surface area contributed by atoms with E-state index in [1.54, 1.807) is 7.11 Å². The zero-order valence-corrected chi connectivity index (χ0v) is 14.2. The van der Waals surface area contributed by atoms with Crippen LogP contribution in [0, 0.1) is 11.8 Å². The molecule has 0 saturated heterocycles. The number of hydrogen-bond donors (Lipinski definition) is 0. The van der Waals surface area contributed by atoms with Crippen LogP contribution in [-0.4, -0.2) is 20.3 Å². The van der Waals surface area contributed by atoms with Crippen LogP contribution in [0.2, 0.25) is 0 Å². The van der Waals surface area contributed by atoms with E-state index in [0.29, 0.717) is 25.0 Å². The van der Waals surface area contributed by atoms with Crippen molar-refractivity contribution in [2.45, 2.75) is 27.7 Å². The van der Waals surface area contributed by atoms with Crippen LogP contribution in [0.5, 0.6) is 17.2 Å². The van der Waals surface area contributed by atoms with Gasteiger partial charge in [0.15, 0.2) is 11.5 Å². The van der Waals surface area contributed by atoms with Crippen molar-refractivity contribution in [3.05, 3.63) is 30.3 Å². The minimum atomic E-state index is 0.459. The molecule has 0 unspecified atom stereocenters. The Balaban J connectivity index is 2.44. The Morgan fingerprint density at radius 2 is 1.45 bits per heavy atom. The molecular formula is C19H26O3. The predicted octanol–water partition coefficient (Wildman–Crippen LogP) is 4.92. The minimum Gasteiger partial charge on any atom is -0.493 e. The maximum atomic E-state index is 6.00. The summed E-state index contributed by atoms with van der Waals surface area (Å²) in [6.45, 7) is 9.92. The molecule has 0 spiro atoms. The lowest BCUT2D eigenvalue weighted by Crippen LogP contribution is -2.07. The quantitative estimate of drug-likeness (QED) is 0.726. The van der Waals surface area contributed by atoms with Gasteiger partial charge in [-0.1, -0.05) is 39.8 Å². The lowest BCUT2D eigenvalue weighted by atomic mass is 10.1. The van der Waals surface area contributed by atoms with Crippen LogP contribution in [0.15, 0.2) is 30.3 Å². The summed E-state index contributed by atoms with van der Waals surface area (Å²) in [6, 6.07) is 10.0. The summed E-state index contributed by atoms with van der Waals surface area (Å²) < 4.78 is 17.4. The average molecular weight is 302 g/mol. The third kappa shape index (κ3) is 3.85. The molecule has 3 heteroatoms. The smallest absolute Gasteiger partial charge is 0.169 e. The second-order valence-corrected chi connectivity index (χ2v) is 6.36. The zero-order chi connectivity index (χ0) is 16.1. The highest BCUT2D eigenvalue weighted by Gasteiger charge is 2.13. The topological polar surface area (TPSA) is 27.7 Å². The molecule has 0 saturated carbocycles. The summed E-state index contributed by atoms with van der Waals surface area (Å²) >= 11 is 0. The molecule has 2 rings (SSSR count). The Morgan fingerprint density at radius 3 is 2.09 bits per heavy atom. The molecule has 0 N–H and O–H groups in total. The monoisotopic (exact) mass is 302 g/mol. The highest BCUT2D eigenvalue weighted by molar-refractivity contribution is 5.95. The molecule has 0 aliphatic rings. The molecule has 0 fully saturated rings. The van der Waals surface area contributed by atoms with Crippen LogP contribution in [0.4, 0.5) is 0 Å². The number of benzene rings is 2. The van der Waals surface area contributed by atoms with Gasteiger partial charge in [0.1, 0.15) is 5.75 Å². The molecule has 0 amide bonds. The second-order valence-electron chi connectivity index (χ2n) is 6.36. The Labute approximate surface area is 133 Å². The van der Waals surface area contributed by atoms with E-state index in [2.05, 4.69) is 33.8 Å². The van der Waals surface area contributed by atoms with Gasteiger partial charge in [-0.25, -0.2) is 0 Å². The molecule has 0 radical (unpaired) electrons. The van der Waals surface area contributed by atoms with Crippen molar-refractivity contribution in [2.75, 3.05) is 20.3 Å². The fourth-order valence-corrected chi connectivity index (χ4v) is 2.22. The third-order valence-electron chi connectivity index (χ3n) is 3.29. The summed E-state index contributed by atoms with van der Waals surface area (Å²) in [5.41, 5.74) is 0. The molecule has 2 aromatic carbocycles. The maximum Gasteiger partial charge on any atom is 0.169 e. The standard InChI is InChI=1S/C19H26O3/c1-13(2)11-21-17-8-6-7-16-15(17)9-10-18(20-5)19(16)22-12-14(3)4/h6-10,13-14H,11-12H2,1-5H3. The minimum absolute atomic E-state index is 0.459. The number of fused-ring (bicyclic) bond motifs is 1. The Kier molecular flexibility index (Phi) is 5.53. The third-order valence-corrected chi connectivity index (χ3v) is 3.29. The van der Waals surface area contributed by atoms with Gasteiger partial charge in [-0.2, -0.15) is 0 Å². The van der Waals surface area contributed by atoms with Crippen molar-refractivity contribution < 1.29 is 14.2 Å². The first kappa shape index (κ1) is 16.5.